The summed E-state index contributed by atoms with van der Waals surface area (Å²) >= 11 is 0. The summed E-state index contributed by atoms with van der Waals surface area (Å²) in [6.07, 6.45) is 5.43. The van der Waals surface area contributed by atoms with Crippen LogP contribution in [0, 0.1) is 11.7 Å². The Bertz CT molecular complexity index is 698. The van der Waals surface area contributed by atoms with Crippen molar-refractivity contribution >= 4 is 15.8 Å². The molecule has 1 aromatic carbocycles. The molecule has 0 spiro atoms. The number of benzene rings is 1. The van der Waals surface area contributed by atoms with Gasteiger partial charge in [-0.1, -0.05) is 25.0 Å². The van der Waals surface area contributed by atoms with Crippen LogP contribution < -0.4 is 10.6 Å². The minimum atomic E-state index is -2.86. The van der Waals surface area contributed by atoms with Crippen LogP contribution in [0.1, 0.15) is 37.7 Å². The van der Waals surface area contributed by atoms with Crippen molar-refractivity contribution in [1.82, 2.24) is 10.6 Å². The van der Waals surface area contributed by atoms with E-state index in [1.165, 1.54) is 25.0 Å². The molecule has 2 aliphatic rings. The third-order valence-electron chi connectivity index (χ3n) is 4.91. The van der Waals surface area contributed by atoms with Crippen LogP contribution in [0.15, 0.2) is 29.3 Å². The van der Waals surface area contributed by atoms with Gasteiger partial charge >= 0.3 is 0 Å². The van der Waals surface area contributed by atoms with E-state index in [2.05, 4.69) is 15.6 Å². The number of hydrogen-bond donors (Lipinski definition) is 2. The van der Waals surface area contributed by atoms with Gasteiger partial charge < -0.3 is 10.6 Å². The number of nitrogens with zero attached hydrogens (tertiary/aromatic N) is 1. The molecule has 0 bridgehead atoms. The molecule has 1 aliphatic heterocycles. The molecule has 0 radical (unpaired) electrons. The average Bonchev–Trinajstić information content (AvgIpc) is 3.20. The predicted octanol–water partition coefficient (Wildman–Crippen LogP) is 2.24. The minimum absolute atomic E-state index is 0.145. The smallest absolute Gasteiger partial charge is 0.191 e. The summed E-state index contributed by atoms with van der Waals surface area (Å²) in [6.45, 7) is 1.08. The molecule has 1 saturated heterocycles. The van der Waals surface area contributed by atoms with Gasteiger partial charge in [-0.15, -0.1) is 0 Å². The predicted molar refractivity (Wildman–Crippen MR) is 97.7 cm³/mol. The summed E-state index contributed by atoms with van der Waals surface area (Å²) in [4.78, 5) is 4.61. The van der Waals surface area contributed by atoms with Crippen LogP contribution in [0.3, 0.4) is 0 Å². The minimum Gasteiger partial charge on any atom is -0.356 e. The fourth-order valence-corrected chi connectivity index (χ4v) is 5.31. The van der Waals surface area contributed by atoms with Gasteiger partial charge in [-0.05, 0) is 42.9 Å². The Kier molecular flexibility index (Phi) is 5.93. The zero-order valence-corrected chi connectivity index (χ0v) is 15.2. The van der Waals surface area contributed by atoms with Crippen LogP contribution in [-0.2, 0) is 16.4 Å². The monoisotopic (exact) mass is 367 g/mol. The number of sulfone groups is 1. The first kappa shape index (κ1) is 18.2. The maximum Gasteiger partial charge on any atom is 0.191 e. The molecule has 1 heterocycles. The molecule has 2 fully saturated rings. The molecule has 138 valence electrons. The van der Waals surface area contributed by atoms with Crippen molar-refractivity contribution in [2.75, 3.05) is 18.1 Å². The molecule has 1 aliphatic carbocycles. The third-order valence-corrected chi connectivity index (χ3v) is 6.75. The summed E-state index contributed by atoms with van der Waals surface area (Å²) < 4.78 is 36.2. The average molecular weight is 367 g/mol. The van der Waals surface area contributed by atoms with E-state index < -0.39 is 9.84 Å². The van der Waals surface area contributed by atoms with Crippen molar-refractivity contribution in [3.05, 3.63) is 35.6 Å². The third kappa shape index (κ3) is 5.70. The Labute approximate surface area is 149 Å². The molecule has 3 rings (SSSR count). The molecule has 1 atom stereocenters. The SMILES string of the molecule is O=S1(=O)CCC(CNC(=NCc2ccc(F)cc2)NC2CCCC2)C1. The maximum absolute atomic E-state index is 13.0. The van der Waals surface area contributed by atoms with Crippen molar-refractivity contribution in [3.8, 4) is 0 Å². The first-order valence-electron chi connectivity index (χ1n) is 9.00. The highest BCUT2D eigenvalue weighted by atomic mass is 32.2. The van der Waals surface area contributed by atoms with Crippen molar-refractivity contribution in [3.63, 3.8) is 0 Å². The Morgan fingerprint density at radius 3 is 2.52 bits per heavy atom. The maximum atomic E-state index is 13.0. The van der Waals surface area contributed by atoms with E-state index in [-0.39, 0.29) is 23.2 Å². The lowest BCUT2D eigenvalue weighted by Gasteiger charge is -2.19. The van der Waals surface area contributed by atoms with Crippen LogP contribution in [0.5, 0.6) is 0 Å². The molecule has 0 aromatic heterocycles. The van der Waals surface area contributed by atoms with E-state index in [1.54, 1.807) is 12.1 Å². The molecule has 25 heavy (non-hydrogen) atoms. The van der Waals surface area contributed by atoms with Gasteiger partial charge in [0.05, 0.1) is 18.1 Å². The van der Waals surface area contributed by atoms with E-state index >= 15 is 0 Å². The van der Waals surface area contributed by atoms with E-state index in [0.717, 1.165) is 24.4 Å². The first-order chi connectivity index (χ1) is 12.0. The fraction of sp³-hybridized carbons (Fsp3) is 0.611. The standard InChI is InChI=1S/C18H26FN3O2S/c19-16-7-5-14(6-8-16)11-20-18(22-17-3-1-2-4-17)21-12-15-9-10-25(23,24)13-15/h5-8,15,17H,1-4,9-13H2,(H2,20,21,22). The number of halogens is 1. The first-order valence-corrected chi connectivity index (χ1v) is 10.8. The summed E-state index contributed by atoms with van der Waals surface area (Å²) in [7, 11) is -2.86. The lowest BCUT2D eigenvalue weighted by Crippen LogP contribution is -2.44. The second-order valence-electron chi connectivity index (χ2n) is 7.07. The molecule has 1 unspecified atom stereocenters. The van der Waals surface area contributed by atoms with E-state index in [1.807, 2.05) is 0 Å². The number of hydrogen-bond acceptors (Lipinski definition) is 3. The zero-order valence-electron chi connectivity index (χ0n) is 14.4. The quantitative estimate of drug-likeness (QED) is 0.619. The Balaban J connectivity index is 1.59. The van der Waals surface area contributed by atoms with Gasteiger partial charge in [0.25, 0.3) is 0 Å². The van der Waals surface area contributed by atoms with Crippen LogP contribution >= 0.6 is 0 Å². The molecular formula is C18H26FN3O2S. The molecule has 7 heteroatoms. The van der Waals surface area contributed by atoms with Crippen molar-refractivity contribution in [1.29, 1.82) is 0 Å². The van der Waals surface area contributed by atoms with Gasteiger partial charge in [0, 0.05) is 12.6 Å². The van der Waals surface area contributed by atoms with Crippen molar-refractivity contribution in [2.24, 2.45) is 10.9 Å². The van der Waals surface area contributed by atoms with Gasteiger partial charge in [-0.2, -0.15) is 0 Å². The van der Waals surface area contributed by atoms with Crippen LogP contribution in [0.25, 0.3) is 0 Å². The molecule has 1 saturated carbocycles. The van der Waals surface area contributed by atoms with Crippen molar-refractivity contribution < 1.29 is 12.8 Å². The van der Waals surface area contributed by atoms with Crippen LogP contribution in [0.4, 0.5) is 4.39 Å². The van der Waals surface area contributed by atoms with Crippen molar-refractivity contribution in [2.45, 2.75) is 44.7 Å². The van der Waals surface area contributed by atoms with E-state index in [9.17, 15) is 12.8 Å². The molecule has 2 N–H and O–H groups in total. The van der Waals surface area contributed by atoms with Gasteiger partial charge in [-0.25, -0.2) is 17.8 Å². The van der Waals surface area contributed by atoms with Gasteiger partial charge in [0.15, 0.2) is 15.8 Å². The lowest BCUT2D eigenvalue weighted by atomic mass is 10.1. The fourth-order valence-electron chi connectivity index (χ4n) is 3.45. The van der Waals surface area contributed by atoms with Gasteiger partial charge in [-0.3, -0.25) is 0 Å². The molecule has 1 aromatic rings. The van der Waals surface area contributed by atoms with Gasteiger partial charge in [0.2, 0.25) is 0 Å². The Morgan fingerprint density at radius 2 is 1.88 bits per heavy atom. The van der Waals surface area contributed by atoms with E-state index in [0.29, 0.717) is 25.6 Å². The van der Waals surface area contributed by atoms with Crippen LogP contribution in [0.2, 0.25) is 0 Å². The normalized spacial score (nSPS) is 23.7. The topological polar surface area (TPSA) is 70.6 Å². The highest BCUT2D eigenvalue weighted by Crippen LogP contribution is 2.19. The highest BCUT2D eigenvalue weighted by molar-refractivity contribution is 7.91. The number of guanidine groups is 1. The van der Waals surface area contributed by atoms with Crippen LogP contribution in [-0.4, -0.2) is 38.5 Å². The highest BCUT2D eigenvalue weighted by Gasteiger charge is 2.28. The molecular weight excluding hydrogens is 341 g/mol. The Hall–Kier alpha value is -1.63. The molecule has 5 nitrogen and oxygen atoms in total. The Morgan fingerprint density at radius 1 is 1.16 bits per heavy atom. The van der Waals surface area contributed by atoms with Gasteiger partial charge in [0.1, 0.15) is 5.82 Å². The largest absolute Gasteiger partial charge is 0.356 e. The molecule has 0 amide bonds. The summed E-state index contributed by atoms with van der Waals surface area (Å²) in [6, 6.07) is 6.76. The number of aliphatic imine (C=N–C) groups is 1. The van der Waals surface area contributed by atoms with E-state index in [4.69, 9.17) is 0 Å². The second-order valence-corrected chi connectivity index (χ2v) is 9.30. The second kappa shape index (κ2) is 8.17. The number of nitrogens with one attached hydrogen (secondary N) is 2. The summed E-state index contributed by atoms with van der Waals surface area (Å²) in [5, 5.41) is 6.77. The summed E-state index contributed by atoms with van der Waals surface area (Å²) in [5.41, 5.74) is 0.942. The summed E-state index contributed by atoms with van der Waals surface area (Å²) in [5.74, 6) is 1.16. The zero-order chi connectivity index (χ0) is 17.7. The number of rotatable bonds is 5. The lowest BCUT2D eigenvalue weighted by molar-refractivity contribution is 0.553.